The molecule has 0 aliphatic carbocycles. The molecule has 0 saturated carbocycles. The Morgan fingerprint density at radius 1 is 0.864 bits per heavy atom. The molecule has 1 nitrogen and oxygen atoms in total. The third-order valence-electron chi connectivity index (χ3n) is 3.01. The second-order valence-electron chi connectivity index (χ2n) is 4.99. The SMILES string of the molecule is C=C(C)/C=C(\C=C(/O)c1ccc(Cl)cc1)c1ccc(Cl)cc1. The van der Waals surface area contributed by atoms with E-state index in [0.29, 0.717) is 15.6 Å². The van der Waals surface area contributed by atoms with Gasteiger partial charge in [0.1, 0.15) is 5.76 Å². The van der Waals surface area contributed by atoms with Gasteiger partial charge in [0, 0.05) is 15.6 Å². The molecule has 0 bridgehead atoms. The van der Waals surface area contributed by atoms with Gasteiger partial charge in [-0.3, -0.25) is 0 Å². The molecule has 112 valence electrons. The third kappa shape index (κ3) is 4.52. The second-order valence-corrected chi connectivity index (χ2v) is 5.86. The Balaban J connectivity index is 2.42. The first-order chi connectivity index (χ1) is 10.5. The van der Waals surface area contributed by atoms with Crippen LogP contribution in [-0.4, -0.2) is 5.11 Å². The molecule has 0 aliphatic rings. The molecule has 0 unspecified atom stereocenters. The van der Waals surface area contributed by atoms with Crippen LogP contribution < -0.4 is 0 Å². The Morgan fingerprint density at radius 2 is 1.32 bits per heavy atom. The first-order valence-corrected chi connectivity index (χ1v) is 7.51. The van der Waals surface area contributed by atoms with Gasteiger partial charge in [-0.05, 0) is 60.5 Å². The molecule has 2 aromatic rings. The number of allylic oxidation sites excluding steroid dienone is 4. The van der Waals surface area contributed by atoms with Crippen LogP contribution in [0.1, 0.15) is 18.1 Å². The second kappa shape index (κ2) is 7.35. The maximum absolute atomic E-state index is 10.3. The Kier molecular flexibility index (Phi) is 5.48. The lowest BCUT2D eigenvalue weighted by atomic mass is 10.0. The van der Waals surface area contributed by atoms with Gasteiger partial charge in [-0.25, -0.2) is 0 Å². The van der Waals surface area contributed by atoms with E-state index in [4.69, 9.17) is 23.2 Å². The highest BCUT2D eigenvalue weighted by Gasteiger charge is 2.04. The van der Waals surface area contributed by atoms with Gasteiger partial charge in [0.15, 0.2) is 0 Å². The van der Waals surface area contributed by atoms with Crippen LogP contribution in [0, 0.1) is 0 Å². The van der Waals surface area contributed by atoms with Gasteiger partial charge in [0.2, 0.25) is 0 Å². The molecule has 0 fully saturated rings. The Morgan fingerprint density at radius 3 is 1.77 bits per heavy atom. The zero-order valence-corrected chi connectivity index (χ0v) is 13.7. The topological polar surface area (TPSA) is 20.2 Å². The Hall–Kier alpha value is -1.96. The van der Waals surface area contributed by atoms with Gasteiger partial charge in [0.25, 0.3) is 0 Å². The fourth-order valence-electron chi connectivity index (χ4n) is 1.97. The van der Waals surface area contributed by atoms with Crippen molar-refractivity contribution in [2.24, 2.45) is 0 Å². The number of rotatable bonds is 4. The Labute approximate surface area is 140 Å². The molecule has 2 aromatic carbocycles. The van der Waals surface area contributed by atoms with Gasteiger partial charge >= 0.3 is 0 Å². The summed E-state index contributed by atoms with van der Waals surface area (Å²) < 4.78 is 0. The molecule has 0 saturated heterocycles. The van der Waals surface area contributed by atoms with Gasteiger partial charge < -0.3 is 5.11 Å². The van der Waals surface area contributed by atoms with E-state index in [1.807, 2.05) is 37.3 Å². The summed E-state index contributed by atoms with van der Waals surface area (Å²) in [5.41, 5.74) is 3.40. The smallest absolute Gasteiger partial charge is 0.123 e. The van der Waals surface area contributed by atoms with Crippen LogP contribution in [-0.2, 0) is 0 Å². The summed E-state index contributed by atoms with van der Waals surface area (Å²) in [7, 11) is 0. The molecule has 22 heavy (non-hydrogen) atoms. The fourth-order valence-corrected chi connectivity index (χ4v) is 2.22. The zero-order valence-electron chi connectivity index (χ0n) is 12.2. The lowest BCUT2D eigenvalue weighted by Crippen LogP contribution is -1.87. The first-order valence-electron chi connectivity index (χ1n) is 6.75. The summed E-state index contributed by atoms with van der Waals surface area (Å²) in [4.78, 5) is 0. The summed E-state index contributed by atoms with van der Waals surface area (Å²) in [6, 6.07) is 14.5. The molecular weight excluding hydrogens is 315 g/mol. The number of hydrogen-bond acceptors (Lipinski definition) is 1. The number of halogens is 2. The molecular formula is C19H16Cl2O. The van der Waals surface area contributed by atoms with Crippen LogP contribution in [0.5, 0.6) is 0 Å². The highest BCUT2D eigenvalue weighted by Crippen LogP contribution is 2.24. The van der Waals surface area contributed by atoms with Crippen molar-refractivity contribution >= 4 is 34.5 Å². The molecule has 3 heteroatoms. The van der Waals surface area contributed by atoms with Crippen molar-refractivity contribution < 1.29 is 5.11 Å². The third-order valence-corrected chi connectivity index (χ3v) is 3.52. The minimum atomic E-state index is 0.166. The predicted molar refractivity (Wildman–Crippen MR) is 96.3 cm³/mol. The molecule has 0 atom stereocenters. The minimum absolute atomic E-state index is 0.166. The normalized spacial score (nSPS) is 12.3. The summed E-state index contributed by atoms with van der Waals surface area (Å²) in [5, 5.41) is 11.6. The first kappa shape index (κ1) is 16.4. The number of aliphatic hydroxyl groups is 1. The summed E-state index contributed by atoms with van der Waals surface area (Å²) >= 11 is 11.8. The van der Waals surface area contributed by atoms with Gasteiger partial charge in [0.05, 0.1) is 0 Å². The molecule has 0 radical (unpaired) electrons. The maximum atomic E-state index is 10.3. The fraction of sp³-hybridized carbons (Fsp3) is 0.0526. The maximum Gasteiger partial charge on any atom is 0.123 e. The highest BCUT2D eigenvalue weighted by molar-refractivity contribution is 6.30. The van der Waals surface area contributed by atoms with Crippen molar-refractivity contribution in [1.29, 1.82) is 0 Å². The lowest BCUT2D eigenvalue weighted by molar-refractivity contribution is 0.512. The molecule has 2 rings (SSSR count). The molecule has 0 spiro atoms. The van der Waals surface area contributed by atoms with Gasteiger partial charge in [-0.2, -0.15) is 0 Å². The number of benzene rings is 2. The number of aliphatic hydroxyl groups excluding tert-OH is 1. The van der Waals surface area contributed by atoms with E-state index in [1.54, 1.807) is 30.3 Å². The van der Waals surface area contributed by atoms with E-state index in [0.717, 1.165) is 16.7 Å². The van der Waals surface area contributed by atoms with Crippen LogP contribution in [0.4, 0.5) is 0 Å². The molecule has 0 amide bonds. The van der Waals surface area contributed by atoms with Gasteiger partial charge in [-0.15, -0.1) is 0 Å². The van der Waals surface area contributed by atoms with Crippen molar-refractivity contribution in [3.05, 3.63) is 94.0 Å². The van der Waals surface area contributed by atoms with E-state index >= 15 is 0 Å². The van der Waals surface area contributed by atoms with E-state index in [1.165, 1.54) is 0 Å². The largest absolute Gasteiger partial charge is 0.507 e. The zero-order chi connectivity index (χ0) is 16.1. The van der Waals surface area contributed by atoms with E-state index in [-0.39, 0.29) is 5.76 Å². The van der Waals surface area contributed by atoms with Crippen LogP contribution >= 0.6 is 23.2 Å². The lowest BCUT2D eigenvalue weighted by Gasteiger charge is -2.06. The molecule has 0 aromatic heterocycles. The quantitative estimate of drug-likeness (QED) is 0.497. The molecule has 0 heterocycles. The van der Waals surface area contributed by atoms with Crippen LogP contribution in [0.2, 0.25) is 10.0 Å². The minimum Gasteiger partial charge on any atom is -0.507 e. The highest BCUT2D eigenvalue weighted by atomic mass is 35.5. The van der Waals surface area contributed by atoms with Crippen molar-refractivity contribution in [3.8, 4) is 0 Å². The van der Waals surface area contributed by atoms with Crippen molar-refractivity contribution in [2.75, 3.05) is 0 Å². The van der Waals surface area contributed by atoms with Crippen LogP contribution in [0.15, 0.2) is 72.8 Å². The standard InChI is InChI=1S/C19H16Cl2O/c1-13(2)11-16(14-3-7-17(20)8-4-14)12-19(22)15-5-9-18(21)10-6-15/h3-12,22H,1H2,2H3/b16-11+,19-12-. The summed E-state index contributed by atoms with van der Waals surface area (Å²) in [5.74, 6) is 0.166. The van der Waals surface area contributed by atoms with E-state index in [2.05, 4.69) is 6.58 Å². The van der Waals surface area contributed by atoms with Crippen molar-refractivity contribution in [2.45, 2.75) is 6.92 Å². The van der Waals surface area contributed by atoms with E-state index in [9.17, 15) is 5.11 Å². The number of hydrogen-bond donors (Lipinski definition) is 1. The average Bonchev–Trinajstić information content (AvgIpc) is 2.47. The molecule has 0 aliphatic heterocycles. The monoisotopic (exact) mass is 330 g/mol. The Bertz CT molecular complexity index is 723. The average molecular weight is 331 g/mol. The van der Waals surface area contributed by atoms with Crippen LogP contribution in [0.3, 0.4) is 0 Å². The van der Waals surface area contributed by atoms with E-state index < -0.39 is 0 Å². The predicted octanol–water partition coefficient (Wildman–Crippen LogP) is 6.55. The summed E-state index contributed by atoms with van der Waals surface area (Å²) in [6.07, 6.45) is 3.62. The van der Waals surface area contributed by atoms with Crippen molar-refractivity contribution in [3.63, 3.8) is 0 Å². The van der Waals surface area contributed by atoms with Crippen molar-refractivity contribution in [1.82, 2.24) is 0 Å². The summed E-state index contributed by atoms with van der Waals surface area (Å²) in [6.45, 7) is 5.80. The molecule has 1 N–H and O–H groups in total. The van der Waals surface area contributed by atoms with Crippen LogP contribution in [0.25, 0.3) is 11.3 Å². The van der Waals surface area contributed by atoms with Gasteiger partial charge in [-0.1, -0.05) is 53.6 Å².